The number of amides is 4. The van der Waals surface area contributed by atoms with Crippen molar-refractivity contribution in [1.29, 1.82) is 0 Å². The molecule has 2 fully saturated rings. The smallest absolute Gasteiger partial charge is 0.408 e. The molecule has 11 nitrogen and oxygen atoms in total. The molecule has 1 saturated heterocycles. The fourth-order valence-corrected chi connectivity index (χ4v) is 6.03. The lowest BCUT2D eigenvalue weighted by Gasteiger charge is -2.32. The minimum atomic E-state index is -0.866. The van der Waals surface area contributed by atoms with Crippen molar-refractivity contribution in [3.8, 4) is 0 Å². The van der Waals surface area contributed by atoms with Gasteiger partial charge in [-0.3, -0.25) is 14.4 Å². The number of hydroxylamine groups is 2. The Bertz CT molecular complexity index is 1140. The number of alkyl carbamates (subject to hydrolysis) is 1. The molecule has 1 aromatic rings. The van der Waals surface area contributed by atoms with E-state index in [0.29, 0.717) is 25.3 Å². The van der Waals surface area contributed by atoms with Crippen LogP contribution in [-0.2, 0) is 30.6 Å². The molecule has 0 aromatic heterocycles. The van der Waals surface area contributed by atoms with Crippen LogP contribution in [0.1, 0.15) is 84.6 Å². The number of rotatable bonds is 11. The Kier molecular flexibility index (Phi) is 11.6. The van der Waals surface area contributed by atoms with Crippen LogP contribution in [0.3, 0.4) is 0 Å². The van der Waals surface area contributed by atoms with Gasteiger partial charge in [-0.05, 0) is 42.6 Å². The maximum Gasteiger partial charge on any atom is 0.408 e. The predicted octanol–water partition coefficient (Wildman–Crippen LogP) is 4.17. The molecule has 3 aliphatic rings. The van der Waals surface area contributed by atoms with E-state index in [2.05, 4.69) is 15.6 Å². The second-order valence-electron chi connectivity index (χ2n) is 12.6. The number of hydrogen-bond acceptors (Lipinski definition) is 7. The van der Waals surface area contributed by atoms with Crippen molar-refractivity contribution < 1.29 is 28.8 Å². The molecule has 1 saturated carbocycles. The van der Waals surface area contributed by atoms with Gasteiger partial charge in [-0.25, -0.2) is 14.6 Å². The minimum absolute atomic E-state index is 0.0812. The van der Waals surface area contributed by atoms with Crippen LogP contribution >= 0.6 is 0 Å². The van der Waals surface area contributed by atoms with E-state index in [9.17, 15) is 19.2 Å². The number of ether oxygens (including phenoxy) is 1. The molecule has 1 aliphatic carbocycles. The van der Waals surface area contributed by atoms with Crippen LogP contribution in [0.25, 0.3) is 0 Å². The SMILES string of the molecule is CC(C)C(NC(=O)[C@@H]1CCCN1C(=O)[C@@H](NC(=O)OCc1ccccc1)C(C)C)C(=O)N1C=NC(CC2CCCCC2)O1. The predicted molar refractivity (Wildman–Crippen MR) is 161 cm³/mol. The van der Waals surface area contributed by atoms with Gasteiger partial charge in [0.15, 0.2) is 6.23 Å². The number of carbonyl (C=O) groups is 4. The zero-order valence-corrected chi connectivity index (χ0v) is 25.9. The van der Waals surface area contributed by atoms with Crippen LogP contribution in [0.2, 0.25) is 0 Å². The molecular formula is C32H47N5O6. The second-order valence-corrected chi connectivity index (χ2v) is 12.6. The number of hydrogen-bond donors (Lipinski definition) is 2. The van der Waals surface area contributed by atoms with Gasteiger partial charge in [0.25, 0.3) is 5.91 Å². The number of likely N-dealkylation sites (tertiary alicyclic amines) is 1. The van der Waals surface area contributed by atoms with E-state index in [1.165, 1.54) is 30.5 Å². The summed E-state index contributed by atoms with van der Waals surface area (Å²) in [6.07, 6.45) is 8.24. The Labute approximate surface area is 254 Å². The Morgan fingerprint density at radius 2 is 1.58 bits per heavy atom. The van der Waals surface area contributed by atoms with E-state index >= 15 is 0 Å². The molecule has 1 aromatic carbocycles. The minimum Gasteiger partial charge on any atom is -0.445 e. The molecule has 43 heavy (non-hydrogen) atoms. The Balaban J connectivity index is 1.33. The van der Waals surface area contributed by atoms with Crippen LogP contribution in [0.5, 0.6) is 0 Å². The first-order chi connectivity index (χ1) is 20.6. The number of carbonyl (C=O) groups excluding carboxylic acids is 4. The van der Waals surface area contributed by atoms with Crippen molar-refractivity contribution >= 4 is 30.2 Å². The van der Waals surface area contributed by atoms with Gasteiger partial charge < -0.3 is 20.3 Å². The summed E-state index contributed by atoms with van der Waals surface area (Å²) in [4.78, 5) is 64.9. The molecule has 4 amide bonds. The Morgan fingerprint density at radius 1 is 0.907 bits per heavy atom. The fourth-order valence-electron chi connectivity index (χ4n) is 6.03. The molecule has 2 aliphatic heterocycles. The molecule has 236 valence electrons. The normalized spacial score (nSPS) is 22.1. The summed E-state index contributed by atoms with van der Waals surface area (Å²) in [5, 5.41) is 6.73. The summed E-state index contributed by atoms with van der Waals surface area (Å²) in [5.74, 6) is -1.05. The van der Waals surface area contributed by atoms with Gasteiger partial charge in [0, 0.05) is 6.54 Å². The largest absolute Gasteiger partial charge is 0.445 e. The lowest BCUT2D eigenvalue weighted by molar-refractivity contribution is -0.173. The lowest BCUT2D eigenvalue weighted by Crippen LogP contribution is -2.58. The topological polar surface area (TPSA) is 130 Å². The molecule has 2 heterocycles. The molecule has 0 radical (unpaired) electrons. The maximum atomic E-state index is 13.6. The van der Waals surface area contributed by atoms with Gasteiger partial charge in [-0.2, -0.15) is 5.06 Å². The van der Waals surface area contributed by atoms with E-state index in [1.54, 1.807) is 0 Å². The van der Waals surface area contributed by atoms with E-state index in [-0.39, 0.29) is 24.3 Å². The average Bonchev–Trinajstić information content (AvgIpc) is 3.68. The molecule has 0 spiro atoms. The summed E-state index contributed by atoms with van der Waals surface area (Å²) in [5.41, 5.74) is 0.834. The maximum absolute atomic E-state index is 13.6. The molecule has 2 unspecified atom stereocenters. The second kappa shape index (κ2) is 15.3. The van der Waals surface area contributed by atoms with E-state index in [0.717, 1.165) is 29.9 Å². The Morgan fingerprint density at radius 3 is 2.26 bits per heavy atom. The third-order valence-electron chi connectivity index (χ3n) is 8.54. The summed E-state index contributed by atoms with van der Waals surface area (Å²) < 4.78 is 5.34. The van der Waals surface area contributed by atoms with Crippen molar-refractivity contribution in [2.24, 2.45) is 22.7 Å². The van der Waals surface area contributed by atoms with Crippen molar-refractivity contribution in [2.45, 2.75) is 110 Å². The summed E-state index contributed by atoms with van der Waals surface area (Å²) in [6, 6.07) is 6.81. The molecular weight excluding hydrogens is 550 g/mol. The average molecular weight is 598 g/mol. The zero-order chi connectivity index (χ0) is 30.9. The van der Waals surface area contributed by atoms with Crippen LogP contribution in [0.4, 0.5) is 4.79 Å². The van der Waals surface area contributed by atoms with Crippen LogP contribution in [0, 0.1) is 17.8 Å². The van der Waals surface area contributed by atoms with E-state index < -0.39 is 42.3 Å². The highest BCUT2D eigenvalue weighted by molar-refractivity contribution is 5.96. The standard InChI is InChI=1S/C32H47N5O6/c1-21(2)27(35-32(41)42-19-24-14-9-6-10-15-24)30(39)36-17-11-16-25(36)29(38)34-28(22(3)4)31(40)37-20-33-26(43-37)18-23-12-7-5-8-13-23/h6,9-10,14-15,20-23,25-28H,5,7-8,11-13,16-19H2,1-4H3,(H,34,38)(H,35,41)/t25-,26?,27-,28?/m0/s1. The number of nitrogens with one attached hydrogen (secondary N) is 2. The quantitative estimate of drug-likeness (QED) is 0.394. The van der Waals surface area contributed by atoms with Crippen molar-refractivity contribution in [3.05, 3.63) is 35.9 Å². The van der Waals surface area contributed by atoms with Gasteiger partial charge in [-0.1, -0.05) is 90.1 Å². The van der Waals surface area contributed by atoms with Crippen molar-refractivity contribution in [3.63, 3.8) is 0 Å². The fraction of sp³-hybridized carbons (Fsp3) is 0.656. The van der Waals surface area contributed by atoms with Gasteiger partial charge in [0.05, 0.1) is 0 Å². The van der Waals surface area contributed by atoms with E-state index in [4.69, 9.17) is 9.57 Å². The van der Waals surface area contributed by atoms with E-state index in [1.807, 2.05) is 58.0 Å². The first kappa shape index (κ1) is 32.4. The molecule has 0 bridgehead atoms. The van der Waals surface area contributed by atoms with Crippen molar-refractivity contribution in [2.75, 3.05) is 6.54 Å². The highest BCUT2D eigenvalue weighted by atomic mass is 16.7. The molecule has 2 N–H and O–H groups in total. The monoisotopic (exact) mass is 597 g/mol. The summed E-state index contributed by atoms with van der Waals surface area (Å²) >= 11 is 0. The highest BCUT2D eigenvalue weighted by Crippen LogP contribution is 2.30. The van der Waals surface area contributed by atoms with Gasteiger partial charge >= 0.3 is 6.09 Å². The van der Waals surface area contributed by atoms with Crippen LogP contribution < -0.4 is 10.6 Å². The third kappa shape index (κ3) is 8.78. The Hall–Kier alpha value is -3.47. The van der Waals surface area contributed by atoms with Crippen molar-refractivity contribution in [1.82, 2.24) is 20.6 Å². The van der Waals surface area contributed by atoms with Crippen LogP contribution in [0.15, 0.2) is 35.3 Å². The third-order valence-corrected chi connectivity index (χ3v) is 8.54. The number of aliphatic imine (C=N–C) groups is 1. The number of nitrogens with zero attached hydrogens (tertiary/aromatic N) is 3. The zero-order valence-electron chi connectivity index (χ0n) is 25.9. The summed E-state index contributed by atoms with van der Waals surface area (Å²) in [6.45, 7) is 7.83. The van der Waals surface area contributed by atoms with Crippen LogP contribution in [-0.4, -0.2) is 71.0 Å². The van der Waals surface area contributed by atoms with Gasteiger partial charge in [-0.15, -0.1) is 0 Å². The first-order valence-corrected chi connectivity index (χ1v) is 15.7. The van der Waals surface area contributed by atoms with Gasteiger partial charge in [0.1, 0.15) is 31.1 Å². The lowest BCUT2D eigenvalue weighted by atomic mass is 9.86. The molecule has 4 rings (SSSR count). The van der Waals surface area contributed by atoms with Gasteiger partial charge in [0.2, 0.25) is 11.8 Å². The molecule has 11 heteroatoms. The first-order valence-electron chi connectivity index (χ1n) is 15.7. The highest BCUT2D eigenvalue weighted by Gasteiger charge is 2.41. The molecule has 4 atom stereocenters. The number of benzene rings is 1. The summed E-state index contributed by atoms with van der Waals surface area (Å²) in [7, 11) is 0.